The number of aliphatic hydroxyl groups excluding tert-OH is 1. The molecule has 1 aliphatic heterocycles. The van der Waals surface area contributed by atoms with Crippen molar-refractivity contribution < 1.29 is 19.4 Å². The Balaban J connectivity index is 2.63. The highest BCUT2D eigenvalue weighted by Gasteiger charge is 2.31. The highest BCUT2D eigenvalue weighted by molar-refractivity contribution is 5.79. The first-order valence-electron chi connectivity index (χ1n) is 4.17. The monoisotopic (exact) mass is 187 g/mol. The molecule has 1 rings (SSSR count). The normalized spacial score (nSPS) is 28.9. The van der Waals surface area contributed by atoms with E-state index in [0.29, 0.717) is 13.0 Å². The molecule has 1 heterocycles. The first kappa shape index (κ1) is 9.98. The van der Waals surface area contributed by atoms with Crippen molar-refractivity contribution in [3.05, 3.63) is 0 Å². The number of ether oxygens (including phenoxy) is 1. The molecule has 0 aromatic rings. The molecule has 0 saturated carbocycles. The molecule has 0 aromatic carbocycles. The Bertz CT molecular complexity index is 216. The molecule has 0 spiro atoms. The molecule has 5 heteroatoms. The number of amides is 1. The van der Waals surface area contributed by atoms with E-state index in [0.717, 1.165) is 0 Å². The van der Waals surface area contributed by atoms with E-state index < -0.39 is 18.0 Å². The second-order valence-electron chi connectivity index (χ2n) is 3.04. The van der Waals surface area contributed by atoms with E-state index in [1.807, 2.05) is 0 Å². The molecular weight excluding hydrogens is 174 g/mol. The van der Waals surface area contributed by atoms with Gasteiger partial charge in [0.05, 0.1) is 25.6 Å². The zero-order chi connectivity index (χ0) is 9.84. The van der Waals surface area contributed by atoms with Gasteiger partial charge in [-0.25, -0.2) is 0 Å². The van der Waals surface area contributed by atoms with Crippen LogP contribution in [0.1, 0.15) is 12.8 Å². The minimum absolute atomic E-state index is 0.0280. The van der Waals surface area contributed by atoms with Gasteiger partial charge in [0, 0.05) is 6.54 Å². The van der Waals surface area contributed by atoms with E-state index in [1.165, 1.54) is 7.11 Å². The fourth-order valence-corrected chi connectivity index (χ4v) is 1.39. The number of carbonyl (C=O) groups excluding carboxylic acids is 2. The van der Waals surface area contributed by atoms with E-state index in [4.69, 9.17) is 0 Å². The number of esters is 1. The SMILES string of the molecule is COC(=O)C1CCNC(=O)CC1O. The Morgan fingerprint density at radius 1 is 1.69 bits per heavy atom. The number of carbonyl (C=O) groups is 2. The first-order valence-corrected chi connectivity index (χ1v) is 4.17. The van der Waals surface area contributed by atoms with Gasteiger partial charge in [0.25, 0.3) is 0 Å². The van der Waals surface area contributed by atoms with Gasteiger partial charge in [0.1, 0.15) is 0 Å². The lowest BCUT2D eigenvalue weighted by Crippen LogP contribution is -2.29. The molecule has 0 aromatic heterocycles. The van der Waals surface area contributed by atoms with E-state index in [2.05, 4.69) is 10.1 Å². The summed E-state index contributed by atoms with van der Waals surface area (Å²) in [6.45, 7) is 0.412. The van der Waals surface area contributed by atoms with Gasteiger partial charge >= 0.3 is 5.97 Å². The summed E-state index contributed by atoms with van der Waals surface area (Å²) in [7, 11) is 1.27. The molecule has 1 saturated heterocycles. The summed E-state index contributed by atoms with van der Waals surface area (Å²) in [5.74, 6) is -1.26. The molecule has 2 unspecified atom stereocenters. The zero-order valence-electron chi connectivity index (χ0n) is 7.45. The van der Waals surface area contributed by atoms with E-state index in [-0.39, 0.29) is 12.3 Å². The average molecular weight is 187 g/mol. The highest BCUT2D eigenvalue weighted by atomic mass is 16.5. The fraction of sp³-hybridized carbons (Fsp3) is 0.750. The highest BCUT2D eigenvalue weighted by Crippen LogP contribution is 2.16. The maximum Gasteiger partial charge on any atom is 0.311 e. The van der Waals surface area contributed by atoms with E-state index in [1.54, 1.807) is 0 Å². The number of hydrogen-bond donors (Lipinski definition) is 2. The molecule has 1 amide bonds. The molecule has 2 atom stereocenters. The molecule has 0 bridgehead atoms. The maximum atomic E-state index is 11.1. The molecule has 2 N–H and O–H groups in total. The first-order chi connectivity index (χ1) is 6.15. The van der Waals surface area contributed by atoms with Crippen LogP contribution in [0.3, 0.4) is 0 Å². The Kier molecular flexibility index (Phi) is 3.25. The van der Waals surface area contributed by atoms with Crippen LogP contribution in [-0.2, 0) is 14.3 Å². The fourth-order valence-electron chi connectivity index (χ4n) is 1.39. The quantitative estimate of drug-likeness (QED) is 0.519. The summed E-state index contributed by atoms with van der Waals surface area (Å²) in [5, 5.41) is 12.0. The molecule has 13 heavy (non-hydrogen) atoms. The second-order valence-corrected chi connectivity index (χ2v) is 3.04. The summed E-state index contributed by atoms with van der Waals surface area (Å²) in [5.41, 5.74) is 0. The number of hydrogen-bond acceptors (Lipinski definition) is 4. The number of aliphatic hydroxyl groups is 1. The van der Waals surface area contributed by atoms with Gasteiger partial charge in [0.2, 0.25) is 5.91 Å². The average Bonchev–Trinajstić information content (AvgIpc) is 2.25. The molecule has 0 radical (unpaired) electrons. The predicted molar refractivity (Wildman–Crippen MR) is 43.8 cm³/mol. The summed E-state index contributed by atoms with van der Waals surface area (Å²) in [6.07, 6.45) is -0.519. The Morgan fingerprint density at radius 2 is 2.38 bits per heavy atom. The summed E-state index contributed by atoms with van der Waals surface area (Å²) in [4.78, 5) is 22.0. The van der Waals surface area contributed by atoms with Gasteiger partial charge in [-0.1, -0.05) is 0 Å². The Morgan fingerprint density at radius 3 is 3.00 bits per heavy atom. The van der Waals surface area contributed by atoms with Crippen LogP contribution in [0.4, 0.5) is 0 Å². The molecule has 0 aliphatic carbocycles. The number of rotatable bonds is 1. The lowest BCUT2D eigenvalue weighted by atomic mass is 9.98. The molecular formula is C8H13NO4. The van der Waals surface area contributed by atoms with Crippen molar-refractivity contribution >= 4 is 11.9 Å². The van der Waals surface area contributed by atoms with Crippen molar-refractivity contribution in [1.29, 1.82) is 0 Å². The van der Waals surface area contributed by atoms with Crippen molar-refractivity contribution in [2.24, 2.45) is 5.92 Å². The van der Waals surface area contributed by atoms with Crippen molar-refractivity contribution in [1.82, 2.24) is 5.32 Å². The smallest absolute Gasteiger partial charge is 0.311 e. The molecule has 1 aliphatic rings. The zero-order valence-corrected chi connectivity index (χ0v) is 7.45. The standard InChI is InChI=1S/C8H13NO4/c1-13-8(12)5-2-3-9-7(11)4-6(5)10/h5-6,10H,2-4H2,1H3,(H,9,11). The predicted octanol–water partition coefficient (Wildman–Crippen LogP) is -0.953. The van der Waals surface area contributed by atoms with E-state index >= 15 is 0 Å². The maximum absolute atomic E-state index is 11.1. The van der Waals surface area contributed by atoms with Crippen molar-refractivity contribution in [2.75, 3.05) is 13.7 Å². The number of nitrogens with one attached hydrogen (secondary N) is 1. The molecule has 5 nitrogen and oxygen atoms in total. The van der Waals surface area contributed by atoms with Crippen LogP contribution in [0.5, 0.6) is 0 Å². The second kappa shape index (κ2) is 4.23. The van der Waals surface area contributed by atoms with Crippen molar-refractivity contribution in [3.63, 3.8) is 0 Å². The largest absolute Gasteiger partial charge is 0.469 e. The molecule has 74 valence electrons. The number of methoxy groups -OCH3 is 1. The van der Waals surface area contributed by atoms with Gasteiger partial charge in [0.15, 0.2) is 0 Å². The topological polar surface area (TPSA) is 75.6 Å². The van der Waals surface area contributed by atoms with Crippen LogP contribution < -0.4 is 5.32 Å². The summed E-state index contributed by atoms with van der Waals surface area (Å²) >= 11 is 0. The van der Waals surface area contributed by atoms with Crippen LogP contribution in [0.2, 0.25) is 0 Å². The lowest BCUT2D eigenvalue weighted by Gasteiger charge is -2.15. The van der Waals surface area contributed by atoms with Crippen LogP contribution in [0.15, 0.2) is 0 Å². The third-order valence-electron chi connectivity index (χ3n) is 2.14. The summed E-state index contributed by atoms with van der Waals surface area (Å²) in [6, 6.07) is 0. The minimum atomic E-state index is -0.921. The van der Waals surface area contributed by atoms with Gasteiger partial charge in [-0.2, -0.15) is 0 Å². The Hall–Kier alpha value is -1.10. The lowest BCUT2D eigenvalue weighted by molar-refractivity contribution is -0.149. The van der Waals surface area contributed by atoms with Crippen molar-refractivity contribution in [3.8, 4) is 0 Å². The third-order valence-corrected chi connectivity index (χ3v) is 2.14. The van der Waals surface area contributed by atoms with Crippen LogP contribution in [0, 0.1) is 5.92 Å². The van der Waals surface area contributed by atoms with Gasteiger partial charge in [-0.15, -0.1) is 0 Å². The van der Waals surface area contributed by atoms with Crippen LogP contribution >= 0.6 is 0 Å². The van der Waals surface area contributed by atoms with Gasteiger partial charge in [-0.3, -0.25) is 9.59 Å². The van der Waals surface area contributed by atoms with Crippen LogP contribution in [-0.4, -0.2) is 36.7 Å². The van der Waals surface area contributed by atoms with E-state index in [9.17, 15) is 14.7 Å². The third kappa shape index (κ3) is 2.42. The molecule has 1 fully saturated rings. The van der Waals surface area contributed by atoms with Gasteiger partial charge in [-0.05, 0) is 6.42 Å². The summed E-state index contributed by atoms with van der Waals surface area (Å²) < 4.78 is 4.51. The Labute approximate surface area is 76.1 Å². The van der Waals surface area contributed by atoms with Crippen molar-refractivity contribution in [2.45, 2.75) is 18.9 Å². The van der Waals surface area contributed by atoms with Gasteiger partial charge < -0.3 is 15.2 Å². The van der Waals surface area contributed by atoms with Crippen LogP contribution in [0.25, 0.3) is 0 Å². The minimum Gasteiger partial charge on any atom is -0.469 e.